The molecule has 0 fully saturated rings. The third kappa shape index (κ3) is 2.74. The molecule has 1 heterocycles. The van der Waals surface area contributed by atoms with Crippen LogP contribution in [0.25, 0.3) is 0 Å². The number of anilines is 2. The molecule has 0 spiro atoms. The molecule has 0 aromatic heterocycles. The lowest BCUT2D eigenvalue weighted by atomic mass is 10.1. The van der Waals surface area contributed by atoms with Crippen molar-refractivity contribution in [3.8, 4) is 5.75 Å². The van der Waals surface area contributed by atoms with Crippen molar-refractivity contribution in [1.82, 2.24) is 0 Å². The van der Waals surface area contributed by atoms with E-state index in [-0.39, 0.29) is 5.91 Å². The van der Waals surface area contributed by atoms with Gasteiger partial charge in [0, 0.05) is 15.7 Å². The zero-order valence-corrected chi connectivity index (χ0v) is 13.0. The van der Waals surface area contributed by atoms with Crippen LogP contribution in [0, 0.1) is 0 Å². The molecule has 3 rings (SSSR count). The number of para-hydroxylation sites is 2. The van der Waals surface area contributed by atoms with Gasteiger partial charge in [-0.3, -0.25) is 4.79 Å². The number of amides is 1. The molecule has 1 aliphatic heterocycles. The molecular weight excluding hydrogens is 332 g/mol. The van der Waals surface area contributed by atoms with Crippen LogP contribution in [0.5, 0.6) is 5.75 Å². The smallest absolute Gasteiger partial charge is 0.230 e. The van der Waals surface area contributed by atoms with Crippen molar-refractivity contribution in [2.24, 2.45) is 0 Å². The van der Waals surface area contributed by atoms with E-state index >= 15 is 0 Å². The van der Waals surface area contributed by atoms with Gasteiger partial charge in [-0.2, -0.15) is 0 Å². The number of carbonyl (C=O) groups is 1. The van der Waals surface area contributed by atoms with E-state index in [9.17, 15) is 4.79 Å². The number of benzene rings is 2. The minimum absolute atomic E-state index is 0.0371. The topological polar surface area (TPSA) is 55.6 Å². The van der Waals surface area contributed by atoms with Crippen molar-refractivity contribution < 1.29 is 9.53 Å². The molecule has 0 aliphatic carbocycles. The highest BCUT2D eigenvalue weighted by Crippen LogP contribution is 2.34. The molecule has 21 heavy (non-hydrogen) atoms. The number of nitrogens with zero attached hydrogens (tertiary/aromatic N) is 1. The average Bonchev–Trinajstić information content (AvgIpc) is 2.62. The van der Waals surface area contributed by atoms with Gasteiger partial charge in [0.05, 0.1) is 25.3 Å². The monoisotopic (exact) mass is 346 g/mol. The first-order valence-corrected chi connectivity index (χ1v) is 7.51. The zero-order chi connectivity index (χ0) is 14.8. The third-order valence-corrected chi connectivity index (χ3v) is 4.24. The highest BCUT2D eigenvalue weighted by Gasteiger charge is 2.24. The van der Waals surface area contributed by atoms with Crippen LogP contribution in [0.15, 0.2) is 46.9 Å². The summed E-state index contributed by atoms with van der Waals surface area (Å²) >= 11 is 3.50. The SMILES string of the molecule is Nc1cccc(Br)c1CN1C(=O)CCOc2ccccc21. The largest absolute Gasteiger partial charge is 0.491 e. The molecule has 0 atom stereocenters. The Morgan fingerprint density at radius 3 is 2.81 bits per heavy atom. The first-order valence-electron chi connectivity index (χ1n) is 6.72. The van der Waals surface area contributed by atoms with Crippen LogP contribution < -0.4 is 15.4 Å². The van der Waals surface area contributed by atoms with E-state index in [1.807, 2.05) is 42.5 Å². The number of nitrogens with two attached hydrogens (primary N) is 1. The number of hydrogen-bond donors (Lipinski definition) is 1. The minimum atomic E-state index is 0.0371. The molecule has 2 N–H and O–H groups in total. The Hall–Kier alpha value is -2.01. The van der Waals surface area contributed by atoms with Gasteiger partial charge in [0.25, 0.3) is 0 Å². The van der Waals surface area contributed by atoms with Gasteiger partial charge in [-0.1, -0.05) is 34.1 Å². The lowest BCUT2D eigenvalue weighted by Gasteiger charge is -2.23. The van der Waals surface area contributed by atoms with E-state index < -0.39 is 0 Å². The lowest BCUT2D eigenvalue weighted by Crippen LogP contribution is -2.30. The molecule has 0 unspecified atom stereocenters. The highest BCUT2D eigenvalue weighted by atomic mass is 79.9. The first-order chi connectivity index (χ1) is 10.2. The number of hydrogen-bond acceptors (Lipinski definition) is 3. The number of fused-ring (bicyclic) bond motifs is 1. The van der Waals surface area contributed by atoms with Crippen molar-refractivity contribution in [2.45, 2.75) is 13.0 Å². The molecule has 0 saturated heterocycles. The standard InChI is InChI=1S/C16H15BrN2O2/c17-12-4-3-5-13(18)11(12)10-19-14-6-1-2-7-15(14)21-9-8-16(19)20/h1-7H,8-10,18H2. The van der Waals surface area contributed by atoms with Crippen LogP contribution >= 0.6 is 15.9 Å². The molecule has 0 saturated carbocycles. The van der Waals surface area contributed by atoms with Crippen LogP contribution in [0.2, 0.25) is 0 Å². The van der Waals surface area contributed by atoms with Crippen molar-refractivity contribution in [2.75, 3.05) is 17.2 Å². The molecule has 108 valence electrons. The van der Waals surface area contributed by atoms with Crippen molar-refractivity contribution in [3.05, 3.63) is 52.5 Å². The molecule has 1 aliphatic rings. The van der Waals surface area contributed by atoms with Crippen molar-refractivity contribution >= 4 is 33.2 Å². The van der Waals surface area contributed by atoms with E-state index in [2.05, 4.69) is 15.9 Å². The number of rotatable bonds is 2. The van der Waals surface area contributed by atoms with E-state index in [1.165, 1.54) is 0 Å². The maximum absolute atomic E-state index is 12.4. The van der Waals surface area contributed by atoms with Gasteiger partial charge in [0.1, 0.15) is 5.75 Å². The Morgan fingerprint density at radius 2 is 2.00 bits per heavy atom. The summed E-state index contributed by atoms with van der Waals surface area (Å²) in [6, 6.07) is 13.2. The minimum Gasteiger partial charge on any atom is -0.491 e. The molecule has 5 heteroatoms. The quantitative estimate of drug-likeness (QED) is 0.848. The predicted octanol–water partition coefficient (Wildman–Crippen LogP) is 3.35. The van der Waals surface area contributed by atoms with Gasteiger partial charge in [-0.15, -0.1) is 0 Å². The Bertz CT molecular complexity index is 667. The maximum Gasteiger partial charge on any atom is 0.230 e. The second-order valence-electron chi connectivity index (χ2n) is 4.85. The fourth-order valence-corrected chi connectivity index (χ4v) is 2.90. The molecule has 1 amide bonds. The van der Waals surface area contributed by atoms with Crippen LogP contribution in [-0.4, -0.2) is 12.5 Å². The summed E-state index contributed by atoms with van der Waals surface area (Å²) in [4.78, 5) is 14.1. The molecule has 0 bridgehead atoms. The Kier molecular flexibility index (Phi) is 3.84. The van der Waals surface area contributed by atoms with Crippen LogP contribution in [0.3, 0.4) is 0 Å². The summed E-state index contributed by atoms with van der Waals surface area (Å²) in [6.07, 6.45) is 0.360. The van der Waals surface area contributed by atoms with Crippen LogP contribution in [0.4, 0.5) is 11.4 Å². The highest BCUT2D eigenvalue weighted by molar-refractivity contribution is 9.10. The van der Waals surface area contributed by atoms with E-state index in [4.69, 9.17) is 10.5 Å². The number of nitrogen functional groups attached to an aromatic ring is 1. The van der Waals surface area contributed by atoms with Crippen LogP contribution in [0.1, 0.15) is 12.0 Å². The Morgan fingerprint density at radius 1 is 1.19 bits per heavy atom. The van der Waals surface area contributed by atoms with Gasteiger partial charge in [-0.25, -0.2) is 0 Å². The Balaban J connectivity index is 2.02. The van der Waals surface area contributed by atoms with Gasteiger partial charge in [0.15, 0.2) is 0 Å². The van der Waals surface area contributed by atoms with Gasteiger partial charge in [-0.05, 0) is 24.3 Å². The summed E-state index contributed by atoms with van der Waals surface area (Å²) in [5.74, 6) is 0.768. The number of carbonyl (C=O) groups excluding carboxylic acids is 1. The second-order valence-corrected chi connectivity index (χ2v) is 5.71. The van der Waals surface area contributed by atoms with E-state index in [0.717, 1.165) is 21.5 Å². The summed E-state index contributed by atoms with van der Waals surface area (Å²) in [5.41, 5.74) is 8.40. The summed E-state index contributed by atoms with van der Waals surface area (Å²) < 4.78 is 6.54. The van der Waals surface area contributed by atoms with E-state index in [0.29, 0.717) is 25.3 Å². The number of halogens is 1. The normalized spacial score (nSPS) is 14.3. The fourth-order valence-electron chi connectivity index (χ4n) is 2.39. The van der Waals surface area contributed by atoms with Gasteiger partial charge >= 0.3 is 0 Å². The molecular formula is C16H15BrN2O2. The number of ether oxygens (including phenoxy) is 1. The molecule has 2 aromatic rings. The average molecular weight is 347 g/mol. The van der Waals surface area contributed by atoms with E-state index in [1.54, 1.807) is 4.90 Å². The maximum atomic E-state index is 12.4. The fraction of sp³-hybridized carbons (Fsp3) is 0.188. The Labute approximate surface area is 131 Å². The lowest BCUT2D eigenvalue weighted by molar-refractivity contribution is -0.118. The van der Waals surface area contributed by atoms with Gasteiger partial charge in [0.2, 0.25) is 5.91 Å². The molecule has 4 nitrogen and oxygen atoms in total. The summed E-state index contributed by atoms with van der Waals surface area (Å²) in [5, 5.41) is 0. The molecule has 0 radical (unpaired) electrons. The first kappa shape index (κ1) is 13.9. The second kappa shape index (κ2) is 5.77. The zero-order valence-electron chi connectivity index (χ0n) is 11.4. The van der Waals surface area contributed by atoms with Crippen molar-refractivity contribution in [3.63, 3.8) is 0 Å². The molecule has 2 aromatic carbocycles. The van der Waals surface area contributed by atoms with Gasteiger partial charge < -0.3 is 15.4 Å². The third-order valence-electron chi connectivity index (χ3n) is 3.50. The summed E-state index contributed by atoms with van der Waals surface area (Å²) in [6.45, 7) is 0.824. The predicted molar refractivity (Wildman–Crippen MR) is 86.3 cm³/mol. The summed E-state index contributed by atoms with van der Waals surface area (Å²) in [7, 11) is 0. The van der Waals surface area contributed by atoms with Crippen molar-refractivity contribution in [1.29, 1.82) is 0 Å². The van der Waals surface area contributed by atoms with Crippen LogP contribution in [-0.2, 0) is 11.3 Å².